The van der Waals surface area contributed by atoms with Crippen LogP contribution in [0.25, 0.3) is 0 Å². The zero-order valence-electron chi connectivity index (χ0n) is 17.1. The largest absolute Gasteiger partial charge is 0.485 e. The number of amides is 1. The lowest BCUT2D eigenvalue weighted by molar-refractivity contribution is -0.136. The van der Waals surface area contributed by atoms with Crippen LogP contribution in [0.2, 0.25) is 0 Å². The molecule has 6 heteroatoms. The van der Waals surface area contributed by atoms with E-state index in [1.807, 2.05) is 13.8 Å². The number of aryl methyl sites for hydroxylation is 2. The van der Waals surface area contributed by atoms with E-state index in [2.05, 4.69) is 11.4 Å². The van der Waals surface area contributed by atoms with Crippen molar-refractivity contribution in [3.8, 4) is 5.75 Å². The molecule has 1 aliphatic carbocycles. The first-order valence-electron chi connectivity index (χ1n) is 10.3. The number of rotatable bonds is 8. The Morgan fingerprint density at radius 2 is 1.86 bits per heavy atom. The van der Waals surface area contributed by atoms with E-state index in [0.29, 0.717) is 17.2 Å². The Morgan fingerprint density at radius 3 is 2.45 bits per heavy atom. The molecule has 6 nitrogen and oxygen atoms in total. The molecule has 1 fully saturated rings. The van der Waals surface area contributed by atoms with Gasteiger partial charge in [0.15, 0.2) is 0 Å². The SMILES string of the molecule is Cc1cc(C(Oc2ccc(C(=O)NCCC(=O)O)cc2)C2CCCCC2)c(C)o1. The average Bonchev–Trinajstić information content (AvgIpc) is 3.04. The van der Waals surface area contributed by atoms with E-state index < -0.39 is 5.97 Å². The van der Waals surface area contributed by atoms with Crippen LogP contribution in [0.15, 0.2) is 34.7 Å². The second kappa shape index (κ2) is 9.63. The molecular weight excluding hydrogens is 370 g/mol. The van der Waals surface area contributed by atoms with Crippen molar-refractivity contribution in [2.45, 2.75) is 58.5 Å². The number of nitrogens with one attached hydrogen (secondary N) is 1. The van der Waals surface area contributed by atoms with Crippen LogP contribution in [0.1, 0.15) is 72.1 Å². The third kappa shape index (κ3) is 5.62. The van der Waals surface area contributed by atoms with Gasteiger partial charge < -0.3 is 19.6 Å². The third-order valence-electron chi connectivity index (χ3n) is 5.47. The van der Waals surface area contributed by atoms with E-state index in [-0.39, 0.29) is 25.0 Å². The number of hydrogen-bond donors (Lipinski definition) is 2. The number of aliphatic carboxylic acids is 1. The molecular formula is C23H29NO5. The molecule has 1 aromatic heterocycles. The summed E-state index contributed by atoms with van der Waals surface area (Å²) in [5.41, 5.74) is 1.58. The van der Waals surface area contributed by atoms with Crippen molar-refractivity contribution in [3.63, 3.8) is 0 Å². The van der Waals surface area contributed by atoms with Gasteiger partial charge in [-0.15, -0.1) is 0 Å². The Bertz CT molecular complexity index is 833. The number of carbonyl (C=O) groups is 2. The molecule has 1 heterocycles. The molecule has 2 N–H and O–H groups in total. The topological polar surface area (TPSA) is 88.8 Å². The number of carboxylic acids is 1. The van der Waals surface area contributed by atoms with Crippen LogP contribution in [0.3, 0.4) is 0 Å². The van der Waals surface area contributed by atoms with Gasteiger partial charge in [0.05, 0.1) is 6.42 Å². The Kier molecular flexibility index (Phi) is 6.96. The molecule has 1 amide bonds. The van der Waals surface area contributed by atoms with Crippen molar-refractivity contribution in [1.82, 2.24) is 5.32 Å². The molecule has 1 unspecified atom stereocenters. The van der Waals surface area contributed by atoms with Gasteiger partial charge >= 0.3 is 5.97 Å². The van der Waals surface area contributed by atoms with Crippen LogP contribution in [0.5, 0.6) is 5.75 Å². The minimum atomic E-state index is -0.937. The van der Waals surface area contributed by atoms with Gasteiger partial charge in [0.25, 0.3) is 5.91 Å². The van der Waals surface area contributed by atoms with Crippen molar-refractivity contribution in [2.24, 2.45) is 5.92 Å². The predicted octanol–water partition coefficient (Wildman–Crippen LogP) is 4.80. The van der Waals surface area contributed by atoms with E-state index in [1.165, 1.54) is 19.3 Å². The lowest BCUT2D eigenvalue weighted by atomic mass is 9.82. The summed E-state index contributed by atoms with van der Waals surface area (Å²) < 4.78 is 12.2. The fourth-order valence-electron chi connectivity index (χ4n) is 4.00. The lowest BCUT2D eigenvalue weighted by Gasteiger charge is -2.30. The number of benzene rings is 1. The minimum Gasteiger partial charge on any atom is -0.485 e. The van der Waals surface area contributed by atoms with Crippen LogP contribution in [0, 0.1) is 19.8 Å². The summed E-state index contributed by atoms with van der Waals surface area (Å²) in [6, 6.07) is 9.07. The molecule has 0 aliphatic heterocycles. The standard InChI is InChI=1S/C23H29NO5/c1-15-14-20(16(2)28-15)22(17-6-4-3-5-7-17)29-19-10-8-18(9-11-19)23(27)24-13-12-21(25)26/h8-11,14,17,22H,3-7,12-13H2,1-2H3,(H,24,27)(H,25,26). The molecule has 29 heavy (non-hydrogen) atoms. The van der Waals surface area contributed by atoms with Crippen LogP contribution in [-0.2, 0) is 4.79 Å². The Labute approximate surface area is 171 Å². The Balaban J connectivity index is 1.71. The van der Waals surface area contributed by atoms with E-state index in [0.717, 1.165) is 29.9 Å². The van der Waals surface area contributed by atoms with Crippen LogP contribution < -0.4 is 10.1 Å². The second-order valence-electron chi connectivity index (χ2n) is 7.73. The fourth-order valence-corrected chi connectivity index (χ4v) is 4.00. The number of hydrogen-bond acceptors (Lipinski definition) is 4. The zero-order chi connectivity index (χ0) is 20.8. The van der Waals surface area contributed by atoms with E-state index in [1.54, 1.807) is 24.3 Å². The lowest BCUT2D eigenvalue weighted by Crippen LogP contribution is -2.26. The molecule has 1 atom stereocenters. The van der Waals surface area contributed by atoms with Gasteiger partial charge in [-0.05, 0) is 57.0 Å². The molecule has 3 rings (SSSR count). The van der Waals surface area contributed by atoms with E-state index in [4.69, 9.17) is 14.3 Å². The molecule has 156 valence electrons. The predicted molar refractivity (Wildman–Crippen MR) is 109 cm³/mol. The Hall–Kier alpha value is -2.76. The molecule has 0 radical (unpaired) electrons. The summed E-state index contributed by atoms with van der Waals surface area (Å²) >= 11 is 0. The first-order valence-corrected chi connectivity index (χ1v) is 10.3. The van der Waals surface area contributed by atoms with Crippen LogP contribution in [0.4, 0.5) is 0 Å². The summed E-state index contributed by atoms with van der Waals surface area (Å²) in [6.07, 6.45) is 5.82. The maximum absolute atomic E-state index is 12.1. The van der Waals surface area contributed by atoms with Crippen molar-refractivity contribution < 1.29 is 23.8 Å². The van der Waals surface area contributed by atoms with Crippen molar-refractivity contribution in [3.05, 3.63) is 53.0 Å². The highest BCUT2D eigenvalue weighted by molar-refractivity contribution is 5.94. The van der Waals surface area contributed by atoms with Crippen molar-refractivity contribution in [1.29, 1.82) is 0 Å². The molecule has 1 saturated carbocycles. The normalized spacial score (nSPS) is 15.7. The highest BCUT2D eigenvalue weighted by Crippen LogP contribution is 2.39. The number of furan rings is 1. The quantitative estimate of drug-likeness (QED) is 0.665. The molecule has 2 aromatic rings. The van der Waals surface area contributed by atoms with Gasteiger partial charge in [-0.1, -0.05) is 19.3 Å². The summed E-state index contributed by atoms with van der Waals surface area (Å²) in [4.78, 5) is 22.7. The molecule has 0 spiro atoms. The highest BCUT2D eigenvalue weighted by atomic mass is 16.5. The van der Waals surface area contributed by atoms with E-state index in [9.17, 15) is 9.59 Å². The molecule has 0 saturated heterocycles. The molecule has 0 bridgehead atoms. The van der Waals surface area contributed by atoms with Gasteiger partial charge in [-0.25, -0.2) is 0 Å². The van der Waals surface area contributed by atoms with Gasteiger partial charge in [-0.2, -0.15) is 0 Å². The van der Waals surface area contributed by atoms with Gasteiger partial charge in [0.2, 0.25) is 0 Å². The monoisotopic (exact) mass is 399 g/mol. The summed E-state index contributed by atoms with van der Waals surface area (Å²) in [7, 11) is 0. The van der Waals surface area contributed by atoms with Gasteiger partial charge in [0.1, 0.15) is 23.4 Å². The molecule has 1 aromatic carbocycles. The highest BCUT2D eigenvalue weighted by Gasteiger charge is 2.29. The number of carbonyl (C=O) groups excluding carboxylic acids is 1. The van der Waals surface area contributed by atoms with Crippen molar-refractivity contribution in [2.75, 3.05) is 6.54 Å². The third-order valence-corrected chi connectivity index (χ3v) is 5.47. The van der Waals surface area contributed by atoms with Gasteiger partial charge in [0, 0.05) is 23.6 Å². The maximum Gasteiger partial charge on any atom is 0.305 e. The van der Waals surface area contributed by atoms with Crippen LogP contribution >= 0.6 is 0 Å². The number of ether oxygens (including phenoxy) is 1. The Morgan fingerprint density at radius 1 is 1.17 bits per heavy atom. The summed E-state index contributed by atoms with van der Waals surface area (Å²) in [6.45, 7) is 4.04. The first kappa shape index (κ1) is 21.0. The average molecular weight is 399 g/mol. The van der Waals surface area contributed by atoms with Gasteiger partial charge in [-0.3, -0.25) is 9.59 Å². The smallest absolute Gasteiger partial charge is 0.305 e. The first-order chi connectivity index (χ1) is 13.9. The fraction of sp³-hybridized carbons (Fsp3) is 0.478. The zero-order valence-corrected chi connectivity index (χ0v) is 17.1. The maximum atomic E-state index is 12.1. The molecule has 1 aliphatic rings. The second-order valence-corrected chi connectivity index (χ2v) is 7.73. The van der Waals surface area contributed by atoms with Crippen molar-refractivity contribution >= 4 is 11.9 Å². The summed E-state index contributed by atoms with van der Waals surface area (Å²) in [5.74, 6) is 1.71. The minimum absolute atomic E-state index is 0.0667. The summed E-state index contributed by atoms with van der Waals surface area (Å²) in [5, 5.41) is 11.3. The van der Waals surface area contributed by atoms with E-state index >= 15 is 0 Å². The van der Waals surface area contributed by atoms with Crippen LogP contribution in [-0.4, -0.2) is 23.5 Å². The number of carboxylic acid groups (broad SMARTS) is 1.